The van der Waals surface area contributed by atoms with Crippen molar-refractivity contribution in [1.29, 1.82) is 0 Å². The van der Waals surface area contributed by atoms with Gasteiger partial charge in [-0.3, -0.25) is 14.2 Å². The highest BCUT2D eigenvalue weighted by Crippen LogP contribution is 2.41. The predicted octanol–water partition coefficient (Wildman–Crippen LogP) is 4.76. The number of nitrogens with zero attached hydrogens (tertiary/aromatic N) is 1. The van der Waals surface area contributed by atoms with Crippen LogP contribution in [0.1, 0.15) is 80.1 Å². The van der Waals surface area contributed by atoms with E-state index in [-0.39, 0.29) is 24.3 Å². The van der Waals surface area contributed by atoms with Gasteiger partial charge in [0.25, 0.3) is 0 Å². The standard InChI is InChI=1S/C12H24NO5P.C9H15NO3.C4H8O/c1-12(2,3)18-11(15)13-8-6-7-10(14)9-19(5,16)17-4;1-9(2,3)13-8(12)10-6-4-5-7(10)11;1-2-4-5-3-1/h6-9H2,1-5H3,(H,13,15);4-6H2,1-3H3;1-4H2. The zero-order valence-electron chi connectivity index (χ0n) is 23.8. The number of nitrogens with one attached hydrogen (secondary N) is 1. The van der Waals surface area contributed by atoms with Crippen molar-refractivity contribution in [2.75, 3.05) is 46.2 Å². The third-order valence-corrected chi connectivity index (χ3v) is 6.36. The van der Waals surface area contributed by atoms with Gasteiger partial charge in [0.1, 0.15) is 17.0 Å². The number of likely N-dealkylation sites (tertiary alicyclic amines) is 1. The Kier molecular flexibility index (Phi) is 15.9. The highest BCUT2D eigenvalue weighted by molar-refractivity contribution is 7.59. The average Bonchev–Trinajstić information content (AvgIpc) is 3.44. The number of rotatable bonds is 7. The SMILES string of the molecule is C1CCOC1.CC(C)(C)OC(=O)N1CCCC1=O.COP(C)(=O)CC(=O)CCCNC(=O)OC(C)(C)C. The van der Waals surface area contributed by atoms with Crippen LogP contribution in [0.2, 0.25) is 0 Å². The van der Waals surface area contributed by atoms with Crippen molar-refractivity contribution in [3.05, 3.63) is 0 Å². The van der Waals surface area contributed by atoms with Crippen molar-refractivity contribution in [2.24, 2.45) is 0 Å². The minimum Gasteiger partial charge on any atom is -0.444 e. The summed E-state index contributed by atoms with van der Waals surface area (Å²) in [5.41, 5.74) is -1.06. The topological polar surface area (TPSA) is 138 Å². The molecule has 1 unspecified atom stereocenters. The largest absolute Gasteiger partial charge is 0.444 e. The molecule has 3 amide bonds. The van der Waals surface area contributed by atoms with Gasteiger partial charge in [0, 0.05) is 52.9 Å². The molecule has 2 heterocycles. The minimum absolute atomic E-state index is 0.0596. The summed E-state index contributed by atoms with van der Waals surface area (Å²) in [7, 11) is -1.46. The number of carbonyl (C=O) groups excluding carboxylic acids is 4. The summed E-state index contributed by atoms with van der Waals surface area (Å²) in [6, 6.07) is 0. The molecule has 2 aliphatic heterocycles. The smallest absolute Gasteiger partial charge is 0.417 e. The van der Waals surface area contributed by atoms with Gasteiger partial charge in [-0.05, 0) is 67.2 Å². The first-order valence-electron chi connectivity index (χ1n) is 12.7. The molecule has 0 aliphatic carbocycles. The third-order valence-electron chi connectivity index (χ3n) is 4.67. The lowest BCUT2D eigenvalue weighted by Crippen LogP contribution is -2.37. The van der Waals surface area contributed by atoms with Crippen molar-refractivity contribution in [2.45, 2.75) is 91.3 Å². The molecule has 0 aromatic heterocycles. The molecule has 11 nitrogen and oxygen atoms in total. The molecule has 0 saturated carbocycles. The number of imide groups is 1. The Morgan fingerprint density at radius 1 is 1.00 bits per heavy atom. The molecule has 1 atom stereocenters. The van der Waals surface area contributed by atoms with Crippen molar-refractivity contribution >= 4 is 31.2 Å². The first-order chi connectivity index (χ1) is 17.0. The van der Waals surface area contributed by atoms with Crippen LogP contribution >= 0.6 is 7.37 Å². The number of carbonyl (C=O) groups is 4. The van der Waals surface area contributed by atoms with Crippen LogP contribution in [0.15, 0.2) is 0 Å². The van der Waals surface area contributed by atoms with Crippen LogP contribution in [0, 0.1) is 0 Å². The van der Waals surface area contributed by atoms with Crippen LogP contribution in [0.3, 0.4) is 0 Å². The fourth-order valence-electron chi connectivity index (χ4n) is 2.92. The zero-order chi connectivity index (χ0) is 28.7. The monoisotopic (exact) mass is 550 g/mol. The van der Waals surface area contributed by atoms with E-state index in [1.165, 1.54) is 31.5 Å². The second-order valence-electron chi connectivity index (χ2n) is 10.9. The van der Waals surface area contributed by atoms with Crippen molar-refractivity contribution in [1.82, 2.24) is 10.2 Å². The number of ketones is 1. The van der Waals surface area contributed by atoms with Crippen LogP contribution < -0.4 is 5.32 Å². The van der Waals surface area contributed by atoms with E-state index in [9.17, 15) is 23.7 Å². The van der Waals surface area contributed by atoms with Crippen LogP contribution in [-0.4, -0.2) is 86.2 Å². The van der Waals surface area contributed by atoms with Gasteiger partial charge in [-0.15, -0.1) is 0 Å². The minimum atomic E-state index is -2.79. The normalized spacial score (nSPS) is 17.0. The molecule has 0 bridgehead atoms. The van der Waals surface area contributed by atoms with Gasteiger partial charge in [0.2, 0.25) is 13.3 Å². The molecule has 12 heteroatoms. The van der Waals surface area contributed by atoms with Gasteiger partial charge in [-0.1, -0.05) is 0 Å². The second kappa shape index (κ2) is 16.8. The summed E-state index contributed by atoms with van der Waals surface area (Å²) in [5.74, 6) is -0.257. The van der Waals surface area contributed by atoms with Gasteiger partial charge in [0.05, 0.1) is 6.16 Å². The average molecular weight is 551 g/mol. The molecule has 2 fully saturated rings. The van der Waals surface area contributed by atoms with Gasteiger partial charge in [-0.2, -0.15) is 0 Å². The number of alkyl carbamates (subject to hydrolysis) is 1. The number of amides is 3. The molecular weight excluding hydrogens is 503 g/mol. The maximum atomic E-state index is 11.6. The summed E-state index contributed by atoms with van der Waals surface area (Å²) < 4.78 is 31.4. The number of Topliss-reactive ketones (excluding diaryl/α,β-unsaturated/α-hetero) is 1. The summed E-state index contributed by atoms with van der Waals surface area (Å²) >= 11 is 0. The van der Waals surface area contributed by atoms with E-state index in [4.69, 9.17) is 18.7 Å². The number of hydrogen-bond acceptors (Lipinski definition) is 9. The van der Waals surface area contributed by atoms with Gasteiger partial charge in [0.15, 0.2) is 0 Å². The molecule has 0 spiro atoms. The Bertz CT molecular complexity index is 776. The van der Waals surface area contributed by atoms with E-state index in [0.29, 0.717) is 25.9 Å². The molecule has 0 aromatic carbocycles. The summed E-state index contributed by atoms with van der Waals surface area (Å²) in [6.07, 6.45) is 3.43. The maximum absolute atomic E-state index is 11.6. The summed E-state index contributed by atoms with van der Waals surface area (Å²) in [4.78, 5) is 46.4. The van der Waals surface area contributed by atoms with E-state index in [0.717, 1.165) is 19.6 Å². The highest BCUT2D eigenvalue weighted by atomic mass is 31.2. The third kappa shape index (κ3) is 19.8. The second-order valence-corrected chi connectivity index (χ2v) is 13.6. The number of hydrogen-bond donors (Lipinski definition) is 1. The Hall–Kier alpha value is -1.97. The lowest BCUT2D eigenvalue weighted by molar-refractivity contribution is -0.127. The molecule has 2 rings (SSSR count). The van der Waals surface area contributed by atoms with E-state index in [1.807, 2.05) is 0 Å². The fourth-order valence-corrected chi connectivity index (χ4v) is 3.85. The molecule has 0 radical (unpaired) electrons. The summed E-state index contributed by atoms with van der Waals surface area (Å²) in [5, 5.41) is 2.56. The lowest BCUT2D eigenvalue weighted by atomic mass is 10.2. The fraction of sp³-hybridized carbons (Fsp3) is 0.840. The molecule has 1 N–H and O–H groups in total. The van der Waals surface area contributed by atoms with Gasteiger partial charge >= 0.3 is 12.2 Å². The van der Waals surface area contributed by atoms with E-state index in [1.54, 1.807) is 41.5 Å². The molecule has 216 valence electrons. The first kappa shape index (κ1) is 35.0. The van der Waals surface area contributed by atoms with Gasteiger partial charge in [-0.25, -0.2) is 14.5 Å². The first-order valence-corrected chi connectivity index (χ1v) is 14.9. The Morgan fingerprint density at radius 2 is 1.57 bits per heavy atom. The van der Waals surface area contributed by atoms with E-state index >= 15 is 0 Å². The molecule has 2 saturated heterocycles. The molecule has 2 aliphatic rings. The highest BCUT2D eigenvalue weighted by Gasteiger charge is 2.30. The summed E-state index contributed by atoms with van der Waals surface area (Å²) in [6.45, 7) is 15.0. The molecule has 0 aromatic rings. The number of ether oxygens (including phenoxy) is 3. The lowest BCUT2D eigenvalue weighted by Gasteiger charge is -2.23. The molecule has 37 heavy (non-hydrogen) atoms. The Labute approximate surface area is 221 Å². The van der Waals surface area contributed by atoms with Crippen molar-refractivity contribution in [3.63, 3.8) is 0 Å². The molecular formula is C25H47N2O9P. The van der Waals surface area contributed by atoms with E-state index in [2.05, 4.69) is 5.32 Å². The van der Waals surface area contributed by atoms with Gasteiger partial charge < -0.3 is 24.1 Å². The Morgan fingerprint density at radius 3 is 1.97 bits per heavy atom. The van der Waals surface area contributed by atoms with Crippen LogP contribution in [0.25, 0.3) is 0 Å². The maximum Gasteiger partial charge on any atom is 0.417 e. The van der Waals surface area contributed by atoms with Crippen LogP contribution in [-0.2, 0) is 32.9 Å². The van der Waals surface area contributed by atoms with Crippen LogP contribution in [0.4, 0.5) is 9.59 Å². The van der Waals surface area contributed by atoms with Crippen LogP contribution in [0.5, 0.6) is 0 Å². The van der Waals surface area contributed by atoms with Crippen molar-refractivity contribution < 1.29 is 42.5 Å². The predicted molar refractivity (Wildman–Crippen MR) is 141 cm³/mol. The van der Waals surface area contributed by atoms with Crippen molar-refractivity contribution in [3.8, 4) is 0 Å². The Balaban J connectivity index is 0.000000611. The van der Waals surface area contributed by atoms with E-state index < -0.39 is 30.8 Å². The zero-order valence-corrected chi connectivity index (χ0v) is 24.7. The quantitative estimate of drug-likeness (QED) is 0.351.